The Labute approximate surface area is 157 Å². The third-order valence-corrected chi connectivity index (χ3v) is 4.66. The number of carbonyl (C=O) groups is 2. The molecule has 0 radical (unpaired) electrons. The van der Waals surface area contributed by atoms with E-state index >= 15 is 0 Å². The van der Waals surface area contributed by atoms with Gasteiger partial charge in [-0.1, -0.05) is 42.5 Å². The number of imide groups is 1. The molecule has 1 aliphatic carbocycles. The average Bonchev–Trinajstić information content (AvgIpc) is 2.97. The molecule has 27 heavy (non-hydrogen) atoms. The summed E-state index contributed by atoms with van der Waals surface area (Å²) in [6, 6.07) is 19.7. The standard InChI is InChI=1S/C23H18N2O2/c1-15(26)25(16(2)27)18-11-9-17(10-12-18)14-22-19-6-3-4-7-20(19)23-21(22)8-5-13-24-23/h3-14H,1-2H3/b22-14-. The number of hydrogen-bond donors (Lipinski definition) is 0. The monoisotopic (exact) mass is 354 g/mol. The Balaban J connectivity index is 1.76. The Morgan fingerprint density at radius 2 is 1.44 bits per heavy atom. The maximum atomic E-state index is 11.7. The zero-order valence-corrected chi connectivity index (χ0v) is 15.1. The van der Waals surface area contributed by atoms with Gasteiger partial charge in [0.2, 0.25) is 11.8 Å². The van der Waals surface area contributed by atoms with Gasteiger partial charge in [0.15, 0.2) is 0 Å². The Bertz CT molecular complexity index is 1020. The van der Waals surface area contributed by atoms with Crippen molar-refractivity contribution in [1.82, 2.24) is 4.98 Å². The van der Waals surface area contributed by atoms with Crippen LogP contribution in [0.25, 0.3) is 22.9 Å². The molecule has 2 aromatic carbocycles. The molecule has 1 heterocycles. The van der Waals surface area contributed by atoms with Crippen LogP contribution in [0.3, 0.4) is 0 Å². The molecule has 0 unspecified atom stereocenters. The van der Waals surface area contributed by atoms with Crippen LogP contribution in [0, 0.1) is 0 Å². The van der Waals surface area contributed by atoms with E-state index in [9.17, 15) is 9.59 Å². The lowest BCUT2D eigenvalue weighted by molar-refractivity contribution is -0.124. The molecule has 4 nitrogen and oxygen atoms in total. The second kappa shape index (κ2) is 6.65. The molecule has 4 rings (SSSR count). The number of fused-ring (bicyclic) bond motifs is 3. The molecule has 0 bridgehead atoms. The van der Waals surface area contributed by atoms with Crippen LogP contribution in [0.1, 0.15) is 30.5 Å². The highest BCUT2D eigenvalue weighted by Gasteiger charge is 2.23. The Hall–Kier alpha value is -3.53. The topological polar surface area (TPSA) is 50.3 Å². The van der Waals surface area contributed by atoms with Gasteiger partial charge < -0.3 is 0 Å². The smallest absolute Gasteiger partial charge is 0.230 e. The minimum Gasteiger partial charge on any atom is -0.274 e. The van der Waals surface area contributed by atoms with E-state index < -0.39 is 0 Å². The largest absolute Gasteiger partial charge is 0.274 e. The van der Waals surface area contributed by atoms with Gasteiger partial charge in [0.05, 0.1) is 11.4 Å². The highest BCUT2D eigenvalue weighted by Crippen LogP contribution is 2.43. The molecule has 3 aromatic rings. The molecule has 0 fully saturated rings. The van der Waals surface area contributed by atoms with Gasteiger partial charge in [0.1, 0.15) is 0 Å². The van der Waals surface area contributed by atoms with Crippen LogP contribution in [-0.4, -0.2) is 16.8 Å². The Morgan fingerprint density at radius 3 is 2.11 bits per heavy atom. The van der Waals surface area contributed by atoms with Crippen LogP contribution in [0.15, 0.2) is 66.9 Å². The first-order valence-corrected chi connectivity index (χ1v) is 8.74. The lowest BCUT2D eigenvalue weighted by Gasteiger charge is -2.17. The van der Waals surface area contributed by atoms with Gasteiger partial charge in [-0.15, -0.1) is 0 Å². The van der Waals surface area contributed by atoms with Crippen molar-refractivity contribution in [3.63, 3.8) is 0 Å². The predicted molar refractivity (Wildman–Crippen MR) is 107 cm³/mol. The Morgan fingerprint density at radius 1 is 0.815 bits per heavy atom. The zero-order valence-electron chi connectivity index (χ0n) is 15.1. The predicted octanol–water partition coefficient (Wildman–Crippen LogP) is 4.55. The molecule has 0 atom stereocenters. The van der Waals surface area contributed by atoms with Crippen LogP contribution in [-0.2, 0) is 9.59 Å². The highest BCUT2D eigenvalue weighted by atomic mass is 16.2. The van der Waals surface area contributed by atoms with Crippen LogP contribution in [0.5, 0.6) is 0 Å². The lowest BCUT2D eigenvalue weighted by atomic mass is 10.0. The van der Waals surface area contributed by atoms with Gasteiger partial charge in [-0.3, -0.25) is 19.5 Å². The number of nitrogens with zero attached hydrogens (tertiary/aromatic N) is 2. The molecule has 0 spiro atoms. The van der Waals surface area contributed by atoms with Crippen molar-refractivity contribution in [3.8, 4) is 11.3 Å². The van der Waals surface area contributed by atoms with E-state index in [1.54, 1.807) is 12.1 Å². The van der Waals surface area contributed by atoms with Crippen LogP contribution < -0.4 is 4.90 Å². The minimum atomic E-state index is -0.293. The molecular formula is C23H18N2O2. The molecule has 0 saturated heterocycles. The molecule has 0 saturated carbocycles. The van der Waals surface area contributed by atoms with Crippen molar-refractivity contribution < 1.29 is 9.59 Å². The van der Waals surface area contributed by atoms with Crippen LogP contribution >= 0.6 is 0 Å². The molecule has 1 aromatic heterocycles. The number of anilines is 1. The fourth-order valence-electron chi connectivity index (χ4n) is 3.53. The Kier molecular flexibility index (Phi) is 4.16. The van der Waals surface area contributed by atoms with Crippen molar-refractivity contribution in [1.29, 1.82) is 0 Å². The summed E-state index contributed by atoms with van der Waals surface area (Å²) in [5, 5.41) is 0. The van der Waals surface area contributed by atoms with Gasteiger partial charge in [0.25, 0.3) is 0 Å². The molecular weight excluding hydrogens is 336 g/mol. The van der Waals surface area contributed by atoms with Crippen LogP contribution in [0.2, 0.25) is 0 Å². The quantitative estimate of drug-likeness (QED) is 0.531. The first-order chi connectivity index (χ1) is 13.1. The number of benzene rings is 2. The van der Waals surface area contributed by atoms with E-state index in [0.29, 0.717) is 5.69 Å². The van der Waals surface area contributed by atoms with E-state index in [0.717, 1.165) is 33.5 Å². The number of rotatable bonds is 2. The number of hydrogen-bond acceptors (Lipinski definition) is 3. The summed E-state index contributed by atoms with van der Waals surface area (Å²) in [6.45, 7) is 2.77. The molecule has 2 amide bonds. The van der Waals surface area contributed by atoms with Gasteiger partial charge in [-0.2, -0.15) is 0 Å². The van der Waals surface area contributed by atoms with Crippen LogP contribution in [0.4, 0.5) is 5.69 Å². The maximum absolute atomic E-state index is 11.7. The SMILES string of the molecule is CC(=O)N(C(C)=O)c1ccc(/C=C2/c3ccccc3-c3ncccc32)cc1. The number of carbonyl (C=O) groups excluding carboxylic acids is 2. The molecule has 0 N–H and O–H groups in total. The van der Waals surface area contributed by atoms with E-state index in [-0.39, 0.29) is 11.8 Å². The van der Waals surface area contributed by atoms with E-state index in [2.05, 4.69) is 29.3 Å². The summed E-state index contributed by atoms with van der Waals surface area (Å²) in [5.41, 5.74) is 7.08. The first-order valence-electron chi connectivity index (χ1n) is 8.74. The normalized spacial score (nSPS) is 13.2. The molecule has 1 aliphatic rings. The average molecular weight is 354 g/mol. The maximum Gasteiger partial charge on any atom is 0.230 e. The van der Waals surface area contributed by atoms with Gasteiger partial charge >= 0.3 is 0 Å². The second-order valence-electron chi connectivity index (χ2n) is 6.47. The fourth-order valence-corrected chi connectivity index (χ4v) is 3.53. The second-order valence-corrected chi connectivity index (χ2v) is 6.47. The summed E-state index contributed by atoms with van der Waals surface area (Å²) in [5.74, 6) is -0.586. The zero-order chi connectivity index (χ0) is 19.0. The highest BCUT2D eigenvalue weighted by molar-refractivity contribution is 6.13. The third kappa shape index (κ3) is 2.95. The lowest BCUT2D eigenvalue weighted by Crippen LogP contribution is -2.32. The summed E-state index contributed by atoms with van der Waals surface area (Å²) < 4.78 is 0. The summed E-state index contributed by atoms with van der Waals surface area (Å²) >= 11 is 0. The summed E-state index contributed by atoms with van der Waals surface area (Å²) in [4.78, 5) is 29.1. The van der Waals surface area contributed by atoms with E-state index in [4.69, 9.17) is 0 Å². The van der Waals surface area contributed by atoms with Crippen molar-refractivity contribution in [2.75, 3.05) is 4.90 Å². The first kappa shape index (κ1) is 16.9. The fraction of sp³-hybridized carbons (Fsp3) is 0.0870. The van der Waals surface area contributed by atoms with E-state index in [1.165, 1.54) is 18.7 Å². The number of amides is 2. The number of pyridine rings is 1. The molecule has 0 aliphatic heterocycles. The van der Waals surface area contributed by atoms with Crippen molar-refractivity contribution in [2.45, 2.75) is 13.8 Å². The molecule has 132 valence electrons. The summed E-state index contributed by atoms with van der Waals surface area (Å²) in [6.07, 6.45) is 3.92. The van der Waals surface area contributed by atoms with E-state index in [1.807, 2.05) is 36.5 Å². The minimum absolute atomic E-state index is 0.293. The van der Waals surface area contributed by atoms with Crippen molar-refractivity contribution in [3.05, 3.63) is 83.6 Å². The van der Waals surface area contributed by atoms with Crippen molar-refractivity contribution >= 4 is 29.2 Å². The van der Waals surface area contributed by atoms with Crippen molar-refractivity contribution in [2.24, 2.45) is 0 Å². The summed E-state index contributed by atoms with van der Waals surface area (Å²) in [7, 11) is 0. The van der Waals surface area contributed by atoms with Gasteiger partial charge in [-0.25, -0.2) is 0 Å². The number of aromatic nitrogens is 1. The molecule has 4 heteroatoms. The van der Waals surface area contributed by atoms with Gasteiger partial charge in [-0.05, 0) is 41.0 Å². The third-order valence-electron chi connectivity index (χ3n) is 4.66. The van der Waals surface area contributed by atoms with Gasteiger partial charge in [0, 0.05) is 31.2 Å².